The van der Waals surface area contributed by atoms with Gasteiger partial charge in [-0.15, -0.1) is 0 Å². The molecule has 7 heteroatoms. The van der Waals surface area contributed by atoms with E-state index in [4.69, 9.17) is 4.42 Å². The van der Waals surface area contributed by atoms with Crippen molar-refractivity contribution in [3.8, 4) is 0 Å². The van der Waals surface area contributed by atoms with E-state index in [-0.39, 0.29) is 24.4 Å². The number of hydrogen-bond acceptors (Lipinski definition) is 5. The molecule has 1 aromatic heterocycles. The molecular weight excluding hydrogens is 260 g/mol. The van der Waals surface area contributed by atoms with Crippen LogP contribution in [0.2, 0.25) is 0 Å². The van der Waals surface area contributed by atoms with Crippen LogP contribution in [0.1, 0.15) is 10.4 Å². The lowest BCUT2D eigenvalue weighted by molar-refractivity contribution is -0.118. The SMILES string of the molecule is CNC(=O)c1ccc2oc(N3CCNCC3=O)nc2c1. The van der Waals surface area contributed by atoms with Crippen molar-refractivity contribution in [2.45, 2.75) is 0 Å². The first-order valence-corrected chi connectivity index (χ1v) is 6.33. The molecule has 0 unspecified atom stereocenters. The number of fused-ring (bicyclic) bond motifs is 1. The van der Waals surface area contributed by atoms with E-state index >= 15 is 0 Å². The lowest BCUT2D eigenvalue weighted by Crippen LogP contribution is -2.48. The molecule has 0 spiro atoms. The fourth-order valence-electron chi connectivity index (χ4n) is 2.12. The zero-order chi connectivity index (χ0) is 14.1. The molecule has 0 atom stereocenters. The summed E-state index contributed by atoms with van der Waals surface area (Å²) in [5.74, 6) is -0.260. The summed E-state index contributed by atoms with van der Waals surface area (Å²) in [5, 5.41) is 5.54. The van der Waals surface area contributed by atoms with E-state index in [2.05, 4.69) is 15.6 Å². The van der Waals surface area contributed by atoms with Crippen LogP contribution in [0.5, 0.6) is 0 Å². The Labute approximate surface area is 114 Å². The van der Waals surface area contributed by atoms with Crippen LogP contribution in [0.25, 0.3) is 11.1 Å². The van der Waals surface area contributed by atoms with Gasteiger partial charge in [0.05, 0.1) is 6.54 Å². The van der Waals surface area contributed by atoms with Gasteiger partial charge < -0.3 is 15.1 Å². The second-order valence-corrected chi connectivity index (χ2v) is 4.48. The number of hydrogen-bond donors (Lipinski definition) is 2. The van der Waals surface area contributed by atoms with Crippen LogP contribution in [-0.2, 0) is 4.79 Å². The van der Waals surface area contributed by atoms with E-state index in [0.717, 1.165) is 0 Å². The predicted octanol–water partition coefficient (Wildman–Crippen LogP) is 0.124. The van der Waals surface area contributed by atoms with Crippen LogP contribution < -0.4 is 15.5 Å². The number of carbonyl (C=O) groups excluding carboxylic acids is 2. The Bertz CT molecular complexity index is 679. The lowest BCUT2D eigenvalue weighted by atomic mass is 10.2. The number of carbonyl (C=O) groups is 2. The Morgan fingerprint density at radius 2 is 2.35 bits per heavy atom. The first-order chi connectivity index (χ1) is 9.69. The van der Waals surface area contributed by atoms with Gasteiger partial charge in [-0.3, -0.25) is 14.5 Å². The normalized spacial score (nSPS) is 15.7. The summed E-state index contributed by atoms with van der Waals surface area (Å²) in [4.78, 5) is 29.2. The molecular formula is C13H14N4O3. The van der Waals surface area contributed by atoms with E-state index in [1.807, 2.05) is 0 Å². The molecule has 0 saturated carbocycles. The minimum atomic E-state index is -0.185. The van der Waals surface area contributed by atoms with Gasteiger partial charge in [-0.1, -0.05) is 0 Å². The highest BCUT2D eigenvalue weighted by molar-refractivity contribution is 5.98. The number of anilines is 1. The standard InChI is InChI=1S/C13H14N4O3/c1-14-12(19)8-2-3-10-9(6-8)16-13(20-10)17-5-4-15-7-11(17)18/h2-3,6,15H,4-5,7H2,1H3,(H,14,19). The van der Waals surface area contributed by atoms with E-state index in [1.165, 1.54) is 4.90 Å². The number of oxazole rings is 1. The number of rotatable bonds is 2. The van der Waals surface area contributed by atoms with Crippen LogP contribution in [0, 0.1) is 0 Å². The van der Waals surface area contributed by atoms with E-state index < -0.39 is 0 Å². The van der Waals surface area contributed by atoms with Crippen molar-refractivity contribution < 1.29 is 14.0 Å². The number of benzene rings is 1. The average Bonchev–Trinajstić information content (AvgIpc) is 2.89. The van der Waals surface area contributed by atoms with Gasteiger partial charge in [0.1, 0.15) is 5.52 Å². The molecule has 1 aliphatic heterocycles. The van der Waals surface area contributed by atoms with Crippen LogP contribution in [0.4, 0.5) is 6.01 Å². The predicted molar refractivity (Wildman–Crippen MR) is 72.6 cm³/mol. The third-order valence-corrected chi connectivity index (χ3v) is 3.19. The minimum absolute atomic E-state index is 0.0747. The molecule has 2 amide bonds. The molecule has 2 heterocycles. The average molecular weight is 274 g/mol. The highest BCUT2D eigenvalue weighted by atomic mass is 16.4. The van der Waals surface area contributed by atoms with Gasteiger partial charge in [0.25, 0.3) is 5.91 Å². The molecule has 0 radical (unpaired) electrons. The Morgan fingerprint density at radius 3 is 3.10 bits per heavy atom. The van der Waals surface area contributed by atoms with Crippen molar-refractivity contribution >= 4 is 28.9 Å². The second-order valence-electron chi connectivity index (χ2n) is 4.48. The molecule has 1 fully saturated rings. The zero-order valence-electron chi connectivity index (χ0n) is 11.0. The largest absolute Gasteiger partial charge is 0.423 e. The summed E-state index contributed by atoms with van der Waals surface area (Å²) in [6, 6.07) is 5.27. The van der Waals surface area contributed by atoms with Gasteiger partial charge in [0.2, 0.25) is 5.91 Å². The minimum Gasteiger partial charge on any atom is -0.423 e. The molecule has 3 rings (SSSR count). The summed E-state index contributed by atoms with van der Waals surface area (Å²) in [6.45, 7) is 1.50. The van der Waals surface area contributed by atoms with E-state index in [1.54, 1.807) is 25.2 Å². The Hall–Kier alpha value is -2.41. The number of piperazine rings is 1. The van der Waals surface area contributed by atoms with Crippen molar-refractivity contribution in [1.82, 2.24) is 15.6 Å². The highest BCUT2D eigenvalue weighted by Gasteiger charge is 2.24. The molecule has 20 heavy (non-hydrogen) atoms. The van der Waals surface area contributed by atoms with Crippen LogP contribution in [0.3, 0.4) is 0 Å². The van der Waals surface area contributed by atoms with E-state index in [9.17, 15) is 9.59 Å². The molecule has 7 nitrogen and oxygen atoms in total. The molecule has 0 bridgehead atoms. The van der Waals surface area contributed by atoms with Gasteiger partial charge in [-0.25, -0.2) is 0 Å². The zero-order valence-corrected chi connectivity index (χ0v) is 11.0. The Kier molecular flexibility index (Phi) is 3.11. The third kappa shape index (κ3) is 2.12. The third-order valence-electron chi connectivity index (χ3n) is 3.19. The van der Waals surface area contributed by atoms with Gasteiger partial charge >= 0.3 is 6.01 Å². The molecule has 0 aliphatic carbocycles. The maximum atomic E-state index is 11.8. The van der Waals surface area contributed by atoms with Crippen LogP contribution in [-0.4, -0.2) is 43.5 Å². The summed E-state index contributed by atoms with van der Waals surface area (Å²) in [5.41, 5.74) is 1.62. The number of nitrogens with one attached hydrogen (secondary N) is 2. The second kappa shape index (κ2) is 4.93. The Balaban J connectivity index is 1.98. The van der Waals surface area contributed by atoms with E-state index in [0.29, 0.717) is 29.8 Å². The maximum absolute atomic E-state index is 11.8. The topological polar surface area (TPSA) is 87.5 Å². The summed E-state index contributed by atoms with van der Waals surface area (Å²) in [7, 11) is 1.57. The number of aromatic nitrogens is 1. The summed E-state index contributed by atoms with van der Waals surface area (Å²) < 4.78 is 5.58. The number of nitrogens with zero attached hydrogens (tertiary/aromatic N) is 2. The molecule has 1 aromatic carbocycles. The molecule has 2 aromatic rings. The lowest BCUT2D eigenvalue weighted by Gasteiger charge is -2.23. The van der Waals surface area contributed by atoms with Crippen molar-refractivity contribution in [3.63, 3.8) is 0 Å². The van der Waals surface area contributed by atoms with Crippen LogP contribution >= 0.6 is 0 Å². The monoisotopic (exact) mass is 274 g/mol. The smallest absolute Gasteiger partial charge is 0.305 e. The maximum Gasteiger partial charge on any atom is 0.305 e. The molecule has 1 aliphatic rings. The fourth-order valence-corrected chi connectivity index (χ4v) is 2.12. The quantitative estimate of drug-likeness (QED) is 0.812. The summed E-state index contributed by atoms with van der Waals surface area (Å²) >= 11 is 0. The molecule has 2 N–H and O–H groups in total. The van der Waals surface area contributed by atoms with Gasteiger partial charge in [-0.05, 0) is 18.2 Å². The van der Waals surface area contributed by atoms with Crippen LogP contribution in [0.15, 0.2) is 22.6 Å². The van der Waals surface area contributed by atoms with Gasteiger partial charge in [0.15, 0.2) is 5.58 Å². The van der Waals surface area contributed by atoms with Crippen molar-refractivity contribution in [3.05, 3.63) is 23.8 Å². The number of amides is 2. The summed E-state index contributed by atoms with van der Waals surface area (Å²) in [6.07, 6.45) is 0. The van der Waals surface area contributed by atoms with Crippen molar-refractivity contribution in [2.24, 2.45) is 0 Å². The first kappa shape index (κ1) is 12.6. The highest BCUT2D eigenvalue weighted by Crippen LogP contribution is 2.23. The Morgan fingerprint density at radius 1 is 1.50 bits per heavy atom. The first-order valence-electron chi connectivity index (χ1n) is 6.33. The van der Waals surface area contributed by atoms with Crippen molar-refractivity contribution in [1.29, 1.82) is 0 Å². The fraction of sp³-hybridized carbons (Fsp3) is 0.308. The van der Waals surface area contributed by atoms with Crippen molar-refractivity contribution in [2.75, 3.05) is 31.6 Å². The van der Waals surface area contributed by atoms with Gasteiger partial charge in [-0.2, -0.15) is 4.98 Å². The van der Waals surface area contributed by atoms with Gasteiger partial charge in [0, 0.05) is 25.7 Å². The molecule has 1 saturated heterocycles. The molecule has 104 valence electrons.